The maximum Gasteiger partial charge on any atom is 0.320 e. The SMILES string of the molecule is COC(=O)[C@H]1CN(C(=O)c2cn(-c3ccccc3)nc2-c2cccnc2)CCS1. The number of rotatable bonds is 4. The maximum absolute atomic E-state index is 13.4. The second-order valence-electron chi connectivity index (χ2n) is 6.55. The number of pyridine rings is 1. The summed E-state index contributed by atoms with van der Waals surface area (Å²) in [6, 6.07) is 13.3. The van der Waals surface area contributed by atoms with Gasteiger partial charge in [0.05, 0.1) is 18.4 Å². The number of benzene rings is 1. The fraction of sp³-hybridized carbons (Fsp3) is 0.238. The Hall–Kier alpha value is -3.13. The Kier molecular flexibility index (Phi) is 5.62. The van der Waals surface area contributed by atoms with Gasteiger partial charge in [0.1, 0.15) is 10.9 Å². The number of carbonyl (C=O) groups is 2. The molecule has 0 N–H and O–H groups in total. The van der Waals surface area contributed by atoms with E-state index in [0.29, 0.717) is 30.1 Å². The third-order valence-corrected chi connectivity index (χ3v) is 5.88. The number of ether oxygens (including phenoxy) is 1. The van der Waals surface area contributed by atoms with E-state index in [4.69, 9.17) is 4.74 Å². The van der Waals surface area contributed by atoms with E-state index in [1.165, 1.54) is 18.9 Å². The van der Waals surface area contributed by atoms with Gasteiger partial charge in [-0.1, -0.05) is 18.2 Å². The summed E-state index contributed by atoms with van der Waals surface area (Å²) >= 11 is 1.52. The van der Waals surface area contributed by atoms with E-state index < -0.39 is 0 Å². The number of carbonyl (C=O) groups excluding carboxylic acids is 2. The summed E-state index contributed by atoms with van der Waals surface area (Å²) in [7, 11) is 1.37. The molecule has 2 aromatic heterocycles. The van der Waals surface area contributed by atoms with Gasteiger partial charge in [0.15, 0.2) is 0 Å². The Labute approximate surface area is 172 Å². The average molecular weight is 408 g/mol. The Morgan fingerprint density at radius 2 is 2.00 bits per heavy atom. The summed E-state index contributed by atoms with van der Waals surface area (Å²) in [5.74, 6) is 0.223. The maximum atomic E-state index is 13.4. The summed E-state index contributed by atoms with van der Waals surface area (Å²) in [6.45, 7) is 0.888. The summed E-state index contributed by atoms with van der Waals surface area (Å²) in [5, 5.41) is 4.30. The summed E-state index contributed by atoms with van der Waals surface area (Å²) in [6.07, 6.45) is 5.12. The zero-order valence-corrected chi connectivity index (χ0v) is 16.7. The first-order valence-corrected chi connectivity index (χ1v) is 10.3. The molecule has 0 bridgehead atoms. The van der Waals surface area contributed by atoms with Gasteiger partial charge in [0.25, 0.3) is 5.91 Å². The van der Waals surface area contributed by atoms with Crippen LogP contribution in [0.5, 0.6) is 0 Å². The molecule has 0 aliphatic carbocycles. The average Bonchev–Trinajstić information content (AvgIpc) is 3.25. The number of amides is 1. The minimum Gasteiger partial charge on any atom is -0.468 e. The van der Waals surface area contributed by atoms with Crippen molar-refractivity contribution < 1.29 is 14.3 Å². The number of methoxy groups -OCH3 is 1. The molecule has 29 heavy (non-hydrogen) atoms. The smallest absolute Gasteiger partial charge is 0.320 e. The molecule has 8 heteroatoms. The van der Waals surface area contributed by atoms with Gasteiger partial charge >= 0.3 is 5.97 Å². The lowest BCUT2D eigenvalue weighted by atomic mass is 10.1. The van der Waals surface area contributed by atoms with Crippen LogP contribution in [0.15, 0.2) is 61.1 Å². The molecule has 0 unspecified atom stereocenters. The predicted octanol–water partition coefficient (Wildman–Crippen LogP) is 2.66. The van der Waals surface area contributed by atoms with Gasteiger partial charge in [-0.15, -0.1) is 11.8 Å². The summed E-state index contributed by atoms with van der Waals surface area (Å²) in [4.78, 5) is 31.2. The number of para-hydroxylation sites is 1. The molecular formula is C21H20N4O3S. The van der Waals surface area contributed by atoms with E-state index in [1.807, 2.05) is 42.5 Å². The molecule has 0 radical (unpaired) electrons. The van der Waals surface area contributed by atoms with Crippen molar-refractivity contribution in [2.75, 3.05) is 26.0 Å². The standard InChI is InChI=1S/C21H20N4O3S/c1-28-21(27)18-14-24(10-11-29-18)20(26)17-13-25(16-7-3-2-4-8-16)23-19(17)15-6-5-9-22-12-15/h2-9,12-13,18H,10-11,14H2,1H3/t18-/m1/s1. The number of nitrogens with zero attached hydrogens (tertiary/aromatic N) is 4. The topological polar surface area (TPSA) is 77.3 Å². The lowest BCUT2D eigenvalue weighted by Crippen LogP contribution is -2.45. The molecule has 1 aliphatic rings. The zero-order chi connectivity index (χ0) is 20.2. The Morgan fingerprint density at radius 3 is 2.72 bits per heavy atom. The van der Waals surface area contributed by atoms with Gasteiger partial charge in [-0.2, -0.15) is 5.10 Å². The quantitative estimate of drug-likeness (QED) is 0.618. The zero-order valence-electron chi connectivity index (χ0n) is 15.9. The van der Waals surface area contributed by atoms with E-state index in [1.54, 1.807) is 28.2 Å². The number of esters is 1. The molecule has 1 atom stereocenters. The first kappa shape index (κ1) is 19.2. The molecule has 148 valence electrons. The lowest BCUT2D eigenvalue weighted by molar-refractivity contribution is -0.140. The summed E-state index contributed by atoms with van der Waals surface area (Å²) in [5.41, 5.74) is 2.68. The highest BCUT2D eigenvalue weighted by molar-refractivity contribution is 8.00. The minimum atomic E-state index is -0.372. The largest absolute Gasteiger partial charge is 0.468 e. The van der Waals surface area contributed by atoms with Crippen molar-refractivity contribution >= 4 is 23.6 Å². The van der Waals surface area contributed by atoms with Gasteiger partial charge in [0.2, 0.25) is 0 Å². The minimum absolute atomic E-state index is 0.153. The van der Waals surface area contributed by atoms with Gasteiger partial charge < -0.3 is 9.64 Å². The van der Waals surface area contributed by atoms with E-state index in [0.717, 1.165) is 11.3 Å². The second-order valence-corrected chi connectivity index (χ2v) is 7.86. The Morgan fingerprint density at radius 1 is 1.17 bits per heavy atom. The van der Waals surface area contributed by atoms with Crippen LogP contribution in [-0.4, -0.2) is 62.7 Å². The fourth-order valence-corrected chi connectivity index (χ4v) is 4.37. The molecule has 1 amide bonds. The highest BCUT2D eigenvalue weighted by Gasteiger charge is 2.32. The van der Waals surface area contributed by atoms with Crippen molar-refractivity contribution in [1.82, 2.24) is 19.7 Å². The molecule has 3 heterocycles. The van der Waals surface area contributed by atoms with Crippen LogP contribution < -0.4 is 0 Å². The van der Waals surface area contributed by atoms with Crippen LogP contribution in [0.4, 0.5) is 0 Å². The van der Waals surface area contributed by atoms with Crippen LogP contribution in [0.25, 0.3) is 16.9 Å². The van der Waals surface area contributed by atoms with Crippen molar-refractivity contribution in [1.29, 1.82) is 0 Å². The third-order valence-electron chi connectivity index (χ3n) is 4.72. The van der Waals surface area contributed by atoms with Crippen molar-refractivity contribution in [3.05, 3.63) is 66.6 Å². The summed E-state index contributed by atoms with van der Waals surface area (Å²) < 4.78 is 6.56. The predicted molar refractivity (Wildman–Crippen MR) is 111 cm³/mol. The number of hydrogen-bond donors (Lipinski definition) is 0. The highest BCUT2D eigenvalue weighted by Crippen LogP contribution is 2.27. The molecule has 1 aromatic carbocycles. The van der Waals surface area contributed by atoms with Gasteiger partial charge in [-0.05, 0) is 24.3 Å². The first-order chi connectivity index (χ1) is 14.2. The molecular weight excluding hydrogens is 388 g/mol. The number of hydrogen-bond acceptors (Lipinski definition) is 6. The van der Waals surface area contributed by atoms with Crippen LogP contribution in [0.3, 0.4) is 0 Å². The van der Waals surface area contributed by atoms with Gasteiger partial charge in [-0.25, -0.2) is 4.68 Å². The number of aromatic nitrogens is 3. The molecule has 4 rings (SSSR count). The number of thioether (sulfide) groups is 1. The van der Waals surface area contributed by atoms with E-state index in [-0.39, 0.29) is 17.1 Å². The van der Waals surface area contributed by atoms with Crippen molar-refractivity contribution in [3.63, 3.8) is 0 Å². The lowest BCUT2D eigenvalue weighted by Gasteiger charge is -2.30. The van der Waals surface area contributed by atoms with E-state index in [9.17, 15) is 9.59 Å². The molecule has 7 nitrogen and oxygen atoms in total. The fourth-order valence-electron chi connectivity index (χ4n) is 3.24. The molecule has 1 aliphatic heterocycles. The molecule has 1 fully saturated rings. The monoisotopic (exact) mass is 408 g/mol. The Bertz CT molecular complexity index is 1010. The van der Waals surface area contributed by atoms with Crippen molar-refractivity contribution in [2.45, 2.75) is 5.25 Å². The molecule has 1 saturated heterocycles. The molecule has 0 saturated carbocycles. The Balaban J connectivity index is 1.71. The van der Waals surface area contributed by atoms with Crippen LogP contribution in [0.2, 0.25) is 0 Å². The highest BCUT2D eigenvalue weighted by atomic mass is 32.2. The van der Waals surface area contributed by atoms with Gasteiger partial charge in [-0.3, -0.25) is 14.6 Å². The third kappa shape index (κ3) is 4.02. The van der Waals surface area contributed by atoms with Crippen LogP contribution in [0, 0.1) is 0 Å². The van der Waals surface area contributed by atoms with E-state index in [2.05, 4.69) is 10.1 Å². The normalized spacial score (nSPS) is 16.4. The van der Waals surface area contributed by atoms with E-state index >= 15 is 0 Å². The second kappa shape index (κ2) is 8.48. The molecule has 0 spiro atoms. The van der Waals surface area contributed by atoms with Crippen LogP contribution in [-0.2, 0) is 9.53 Å². The van der Waals surface area contributed by atoms with Crippen LogP contribution >= 0.6 is 11.8 Å². The van der Waals surface area contributed by atoms with Crippen LogP contribution in [0.1, 0.15) is 10.4 Å². The molecule has 3 aromatic rings. The van der Waals surface area contributed by atoms with Crippen molar-refractivity contribution in [2.24, 2.45) is 0 Å². The van der Waals surface area contributed by atoms with Gasteiger partial charge in [0, 0.05) is 43.0 Å². The first-order valence-electron chi connectivity index (χ1n) is 9.21. The van der Waals surface area contributed by atoms with Crippen molar-refractivity contribution in [3.8, 4) is 16.9 Å².